The number of piperidine rings is 1. The Kier molecular flexibility index (Phi) is 5.76. The molecule has 7 nitrogen and oxygen atoms in total. The zero-order chi connectivity index (χ0) is 21.1. The molecule has 2 fully saturated rings. The summed E-state index contributed by atoms with van der Waals surface area (Å²) in [7, 11) is -3.72. The Morgan fingerprint density at radius 3 is 2.10 bits per heavy atom. The van der Waals surface area contributed by atoms with Crippen molar-refractivity contribution in [3.05, 3.63) is 60.2 Å². The molecular weight excluding hydrogens is 402 g/mol. The molecule has 2 amide bonds. The van der Waals surface area contributed by atoms with E-state index in [2.05, 4.69) is 10.0 Å². The highest BCUT2D eigenvalue weighted by molar-refractivity contribution is 7.92. The highest BCUT2D eigenvalue weighted by Crippen LogP contribution is 2.24. The molecule has 4 rings (SSSR count). The summed E-state index contributed by atoms with van der Waals surface area (Å²) in [6.07, 6.45) is 3.43. The van der Waals surface area contributed by atoms with Gasteiger partial charge in [-0.2, -0.15) is 0 Å². The van der Waals surface area contributed by atoms with E-state index in [1.807, 2.05) is 0 Å². The van der Waals surface area contributed by atoms with Crippen LogP contribution in [0, 0.1) is 5.92 Å². The van der Waals surface area contributed by atoms with Crippen molar-refractivity contribution < 1.29 is 18.0 Å². The van der Waals surface area contributed by atoms with Crippen molar-refractivity contribution in [1.29, 1.82) is 0 Å². The Morgan fingerprint density at radius 2 is 1.50 bits per heavy atom. The molecular formula is C22H25N3O4S. The molecule has 2 aromatic rings. The molecule has 0 aromatic heterocycles. The van der Waals surface area contributed by atoms with E-state index in [9.17, 15) is 18.0 Å². The van der Waals surface area contributed by atoms with Crippen LogP contribution in [0.4, 0.5) is 5.69 Å². The standard InChI is InChI=1S/C22H25N3O4S/c26-21(23-18-8-9-18)16-12-14-25(15-13-16)22(27)17-6-10-20(11-7-17)30(28,29)24-19-4-2-1-3-5-19/h1-7,10-11,16,18,24H,8-9,12-15H2,(H,23,26). The number of rotatable bonds is 6. The van der Waals surface area contributed by atoms with Crippen LogP contribution < -0.4 is 10.0 Å². The predicted molar refractivity (Wildman–Crippen MR) is 113 cm³/mol. The third-order valence-corrected chi connectivity index (χ3v) is 6.91. The van der Waals surface area contributed by atoms with E-state index in [0.29, 0.717) is 43.2 Å². The number of carbonyl (C=O) groups excluding carboxylic acids is 2. The zero-order valence-electron chi connectivity index (χ0n) is 16.6. The molecule has 2 aliphatic rings. The van der Waals surface area contributed by atoms with E-state index >= 15 is 0 Å². The lowest BCUT2D eigenvalue weighted by Gasteiger charge is -2.31. The van der Waals surface area contributed by atoms with Gasteiger partial charge in [0.1, 0.15) is 0 Å². The number of hydrogen-bond acceptors (Lipinski definition) is 4. The Balaban J connectivity index is 1.35. The Hall–Kier alpha value is -2.87. The van der Waals surface area contributed by atoms with Gasteiger partial charge in [0, 0.05) is 36.3 Å². The average Bonchev–Trinajstić information content (AvgIpc) is 3.58. The van der Waals surface area contributed by atoms with Crippen molar-refractivity contribution in [2.24, 2.45) is 5.92 Å². The Bertz CT molecular complexity index is 1010. The lowest BCUT2D eigenvalue weighted by atomic mass is 9.95. The second-order valence-electron chi connectivity index (χ2n) is 7.85. The van der Waals surface area contributed by atoms with Crippen LogP contribution in [0.3, 0.4) is 0 Å². The summed E-state index contributed by atoms with van der Waals surface area (Å²) in [6.45, 7) is 1.05. The number of hydrogen-bond donors (Lipinski definition) is 2. The van der Waals surface area contributed by atoms with Gasteiger partial charge in [-0.3, -0.25) is 14.3 Å². The van der Waals surface area contributed by atoms with Crippen molar-refractivity contribution in [1.82, 2.24) is 10.2 Å². The number of likely N-dealkylation sites (tertiary alicyclic amines) is 1. The van der Waals surface area contributed by atoms with E-state index in [4.69, 9.17) is 0 Å². The van der Waals surface area contributed by atoms with Crippen LogP contribution in [-0.4, -0.2) is 44.3 Å². The van der Waals surface area contributed by atoms with Crippen LogP contribution in [0.15, 0.2) is 59.5 Å². The Morgan fingerprint density at radius 1 is 0.867 bits per heavy atom. The van der Waals surface area contributed by atoms with Gasteiger partial charge in [-0.1, -0.05) is 18.2 Å². The lowest BCUT2D eigenvalue weighted by Crippen LogP contribution is -2.43. The second kappa shape index (κ2) is 8.47. The molecule has 2 aromatic carbocycles. The third-order valence-electron chi connectivity index (χ3n) is 5.51. The number of nitrogens with zero attached hydrogens (tertiary/aromatic N) is 1. The fourth-order valence-electron chi connectivity index (χ4n) is 3.57. The van der Waals surface area contributed by atoms with Gasteiger partial charge in [0.25, 0.3) is 15.9 Å². The maximum atomic E-state index is 12.8. The summed E-state index contributed by atoms with van der Waals surface area (Å²) in [5, 5.41) is 3.03. The first-order valence-electron chi connectivity index (χ1n) is 10.2. The third kappa shape index (κ3) is 4.81. The Labute approximate surface area is 176 Å². The van der Waals surface area contributed by atoms with Crippen molar-refractivity contribution in [3.63, 3.8) is 0 Å². The smallest absolute Gasteiger partial charge is 0.261 e. The monoisotopic (exact) mass is 427 g/mol. The van der Waals surface area contributed by atoms with Gasteiger partial charge in [-0.25, -0.2) is 8.42 Å². The maximum absolute atomic E-state index is 12.8. The van der Waals surface area contributed by atoms with E-state index in [1.165, 1.54) is 24.3 Å². The molecule has 1 aliphatic heterocycles. The minimum atomic E-state index is -3.72. The van der Waals surface area contributed by atoms with E-state index in [-0.39, 0.29) is 22.6 Å². The summed E-state index contributed by atoms with van der Waals surface area (Å²) < 4.78 is 27.6. The lowest BCUT2D eigenvalue weighted by molar-refractivity contribution is -0.126. The van der Waals surface area contributed by atoms with Crippen molar-refractivity contribution in [2.75, 3.05) is 17.8 Å². The molecule has 0 bridgehead atoms. The number of anilines is 1. The normalized spacial score (nSPS) is 17.4. The molecule has 1 saturated heterocycles. The molecule has 30 heavy (non-hydrogen) atoms. The molecule has 2 N–H and O–H groups in total. The molecule has 0 unspecified atom stereocenters. The molecule has 0 spiro atoms. The largest absolute Gasteiger partial charge is 0.353 e. The zero-order valence-corrected chi connectivity index (χ0v) is 17.4. The summed E-state index contributed by atoms with van der Waals surface area (Å²) >= 11 is 0. The van der Waals surface area contributed by atoms with Gasteiger partial charge >= 0.3 is 0 Å². The fourth-order valence-corrected chi connectivity index (χ4v) is 4.63. The van der Waals surface area contributed by atoms with E-state index < -0.39 is 10.0 Å². The average molecular weight is 428 g/mol. The van der Waals surface area contributed by atoms with E-state index in [0.717, 1.165) is 12.8 Å². The second-order valence-corrected chi connectivity index (χ2v) is 9.53. The quantitative estimate of drug-likeness (QED) is 0.741. The van der Waals surface area contributed by atoms with Gasteiger partial charge < -0.3 is 10.2 Å². The van der Waals surface area contributed by atoms with Gasteiger partial charge in [-0.15, -0.1) is 0 Å². The molecule has 1 saturated carbocycles. The molecule has 0 radical (unpaired) electrons. The van der Waals surface area contributed by atoms with Crippen LogP contribution in [0.2, 0.25) is 0 Å². The summed E-state index contributed by atoms with van der Waals surface area (Å²) in [5.74, 6) is -0.0766. The number of amides is 2. The van der Waals surface area contributed by atoms with Crippen LogP contribution in [0.1, 0.15) is 36.0 Å². The highest BCUT2D eigenvalue weighted by atomic mass is 32.2. The molecule has 8 heteroatoms. The summed E-state index contributed by atoms with van der Waals surface area (Å²) in [6, 6.07) is 14.9. The highest BCUT2D eigenvalue weighted by Gasteiger charge is 2.31. The van der Waals surface area contributed by atoms with Crippen LogP contribution in [0.25, 0.3) is 0 Å². The van der Waals surface area contributed by atoms with Crippen molar-refractivity contribution in [3.8, 4) is 0 Å². The number of para-hydroxylation sites is 1. The minimum absolute atomic E-state index is 0.0359. The molecule has 1 heterocycles. The summed E-state index contributed by atoms with van der Waals surface area (Å²) in [4.78, 5) is 26.8. The molecule has 1 aliphatic carbocycles. The first-order chi connectivity index (χ1) is 14.4. The van der Waals surface area contributed by atoms with Crippen LogP contribution >= 0.6 is 0 Å². The molecule has 158 valence electrons. The van der Waals surface area contributed by atoms with Crippen LogP contribution in [-0.2, 0) is 14.8 Å². The van der Waals surface area contributed by atoms with Crippen molar-refractivity contribution >= 4 is 27.5 Å². The number of nitrogens with one attached hydrogen (secondary N) is 2. The maximum Gasteiger partial charge on any atom is 0.261 e. The fraction of sp³-hybridized carbons (Fsp3) is 0.364. The topological polar surface area (TPSA) is 95.6 Å². The molecule has 0 atom stereocenters. The minimum Gasteiger partial charge on any atom is -0.353 e. The number of carbonyl (C=O) groups is 2. The predicted octanol–water partition coefficient (Wildman–Crippen LogP) is 2.62. The summed E-state index contributed by atoms with van der Waals surface area (Å²) in [5.41, 5.74) is 0.917. The number of benzene rings is 2. The van der Waals surface area contributed by atoms with Crippen LogP contribution in [0.5, 0.6) is 0 Å². The van der Waals surface area contributed by atoms with Gasteiger partial charge in [0.05, 0.1) is 4.90 Å². The first-order valence-corrected chi connectivity index (χ1v) is 11.7. The van der Waals surface area contributed by atoms with Crippen molar-refractivity contribution in [2.45, 2.75) is 36.6 Å². The van der Waals surface area contributed by atoms with Gasteiger partial charge in [0.15, 0.2) is 0 Å². The van der Waals surface area contributed by atoms with E-state index in [1.54, 1.807) is 35.2 Å². The number of sulfonamides is 1. The van der Waals surface area contributed by atoms with Gasteiger partial charge in [-0.05, 0) is 62.1 Å². The first kappa shape index (κ1) is 20.4. The SMILES string of the molecule is O=C(NC1CC1)C1CCN(C(=O)c2ccc(S(=O)(=O)Nc3ccccc3)cc2)CC1. The van der Waals surface area contributed by atoms with Gasteiger partial charge in [0.2, 0.25) is 5.91 Å².